The number of hydrogen-bond donors (Lipinski definition) is 3. The quantitative estimate of drug-likeness (QED) is 0.720. The number of nitrogens with one attached hydrogen (secondary N) is 1. The number of aliphatic hydroxyl groups excluding tert-OH is 1. The molecule has 1 aromatic carbocycles. The maximum atomic E-state index is 13.2. The van der Waals surface area contributed by atoms with Crippen molar-refractivity contribution in [3.8, 4) is 0 Å². The van der Waals surface area contributed by atoms with Gasteiger partial charge in [-0.1, -0.05) is 0 Å². The number of carboxylic acids is 1. The van der Waals surface area contributed by atoms with Crippen LogP contribution in [0.3, 0.4) is 0 Å². The molecule has 1 atom stereocenters. The van der Waals surface area contributed by atoms with E-state index < -0.39 is 35.2 Å². The summed E-state index contributed by atoms with van der Waals surface area (Å²) in [6.45, 7) is -0.164. The minimum absolute atomic E-state index is 0.164. The van der Waals surface area contributed by atoms with Crippen LogP contribution in [0.1, 0.15) is 16.8 Å². The van der Waals surface area contributed by atoms with Crippen LogP contribution in [0, 0.1) is 11.6 Å². The van der Waals surface area contributed by atoms with Gasteiger partial charge in [-0.25, -0.2) is 13.6 Å². The number of hydrogen-bond acceptors (Lipinski definition) is 3. The highest BCUT2D eigenvalue weighted by molar-refractivity contribution is 5.94. The summed E-state index contributed by atoms with van der Waals surface area (Å²) in [5, 5.41) is 19.5. The largest absolute Gasteiger partial charge is 0.479 e. The Morgan fingerprint density at radius 1 is 1.33 bits per heavy atom. The molecule has 0 radical (unpaired) electrons. The molecule has 0 aliphatic carbocycles. The summed E-state index contributed by atoms with van der Waals surface area (Å²) in [5.74, 6) is -3.93. The molecule has 1 amide bonds. The lowest BCUT2D eigenvalue weighted by atomic mass is 10.2. The van der Waals surface area contributed by atoms with Crippen molar-refractivity contribution in [3.63, 3.8) is 0 Å². The van der Waals surface area contributed by atoms with Crippen LogP contribution in [0.15, 0.2) is 18.2 Å². The molecule has 98 valence electrons. The van der Waals surface area contributed by atoms with Crippen LogP contribution >= 0.6 is 0 Å². The predicted molar refractivity (Wildman–Crippen MR) is 57.0 cm³/mol. The monoisotopic (exact) mass is 259 g/mol. The number of carbonyl (C=O) groups excluding carboxylic acids is 1. The number of aliphatic carboxylic acids is 1. The maximum absolute atomic E-state index is 13.2. The van der Waals surface area contributed by atoms with Crippen molar-refractivity contribution in [2.75, 3.05) is 6.54 Å². The van der Waals surface area contributed by atoms with Crippen LogP contribution in [0.25, 0.3) is 0 Å². The summed E-state index contributed by atoms with van der Waals surface area (Å²) in [6, 6.07) is 2.43. The van der Waals surface area contributed by atoms with Gasteiger partial charge in [-0.05, 0) is 18.2 Å². The SMILES string of the molecule is O=C(NCCC(O)C(=O)O)c1cc(F)ccc1F. The van der Waals surface area contributed by atoms with E-state index in [0.29, 0.717) is 0 Å². The van der Waals surface area contributed by atoms with Crippen molar-refractivity contribution in [1.82, 2.24) is 5.32 Å². The number of aliphatic hydroxyl groups is 1. The molecule has 0 saturated carbocycles. The third-order valence-electron chi connectivity index (χ3n) is 2.16. The molecule has 0 saturated heterocycles. The Morgan fingerprint density at radius 3 is 2.61 bits per heavy atom. The molecule has 1 unspecified atom stereocenters. The molecule has 3 N–H and O–H groups in total. The lowest BCUT2D eigenvalue weighted by molar-refractivity contribution is -0.146. The van der Waals surface area contributed by atoms with Crippen molar-refractivity contribution >= 4 is 11.9 Å². The van der Waals surface area contributed by atoms with E-state index in [9.17, 15) is 18.4 Å². The molecular formula is C11H11F2NO4. The molecule has 0 spiro atoms. The van der Waals surface area contributed by atoms with Crippen molar-refractivity contribution in [2.45, 2.75) is 12.5 Å². The number of carbonyl (C=O) groups is 2. The summed E-state index contributed by atoms with van der Waals surface area (Å²) in [7, 11) is 0. The second-order valence-electron chi connectivity index (χ2n) is 3.52. The summed E-state index contributed by atoms with van der Waals surface area (Å²) < 4.78 is 26.0. The molecule has 0 aliphatic heterocycles. The first-order valence-electron chi connectivity index (χ1n) is 5.06. The van der Waals surface area contributed by atoms with Gasteiger partial charge in [0, 0.05) is 13.0 Å². The van der Waals surface area contributed by atoms with E-state index in [-0.39, 0.29) is 13.0 Å². The topological polar surface area (TPSA) is 86.6 Å². The van der Waals surface area contributed by atoms with Gasteiger partial charge < -0.3 is 15.5 Å². The van der Waals surface area contributed by atoms with E-state index in [4.69, 9.17) is 10.2 Å². The van der Waals surface area contributed by atoms with E-state index in [2.05, 4.69) is 5.32 Å². The Balaban J connectivity index is 2.55. The van der Waals surface area contributed by atoms with Gasteiger partial charge in [0.1, 0.15) is 11.6 Å². The fourth-order valence-corrected chi connectivity index (χ4v) is 1.21. The molecule has 0 fully saturated rings. The van der Waals surface area contributed by atoms with Crippen LogP contribution in [0.5, 0.6) is 0 Å². The fourth-order valence-electron chi connectivity index (χ4n) is 1.21. The second-order valence-corrected chi connectivity index (χ2v) is 3.52. The fraction of sp³-hybridized carbons (Fsp3) is 0.273. The zero-order valence-corrected chi connectivity index (χ0v) is 9.19. The van der Waals surface area contributed by atoms with Gasteiger partial charge in [0.2, 0.25) is 0 Å². The summed E-state index contributed by atoms with van der Waals surface area (Å²) in [6.07, 6.45) is -1.83. The third kappa shape index (κ3) is 3.77. The number of rotatable bonds is 5. The summed E-state index contributed by atoms with van der Waals surface area (Å²) in [4.78, 5) is 21.7. The minimum atomic E-state index is -1.61. The predicted octanol–water partition coefficient (Wildman–Crippen LogP) is 0.530. The van der Waals surface area contributed by atoms with Gasteiger partial charge in [-0.15, -0.1) is 0 Å². The number of halogens is 2. The Hall–Kier alpha value is -2.02. The first-order chi connectivity index (χ1) is 8.41. The summed E-state index contributed by atoms with van der Waals surface area (Å²) in [5.41, 5.74) is -0.472. The van der Waals surface area contributed by atoms with Crippen LogP contribution in [-0.4, -0.2) is 34.7 Å². The van der Waals surface area contributed by atoms with Gasteiger partial charge in [0.15, 0.2) is 6.10 Å². The lowest BCUT2D eigenvalue weighted by Gasteiger charge is -2.08. The van der Waals surface area contributed by atoms with Crippen LogP contribution < -0.4 is 5.32 Å². The van der Waals surface area contributed by atoms with Crippen LogP contribution in [-0.2, 0) is 4.79 Å². The van der Waals surface area contributed by atoms with Crippen LogP contribution in [0.2, 0.25) is 0 Å². The molecule has 1 aromatic rings. The highest BCUT2D eigenvalue weighted by Crippen LogP contribution is 2.09. The van der Waals surface area contributed by atoms with E-state index >= 15 is 0 Å². The highest BCUT2D eigenvalue weighted by Gasteiger charge is 2.15. The van der Waals surface area contributed by atoms with Crippen LogP contribution in [0.4, 0.5) is 8.78 Å². The zero-order chi connectivity index (χ0) is 13.7. The maximum Gasteiger partial charge on any atom is 0.332 e. The van der Waals surface area contributed by atoms with Gasteiger partial charge >= 0.3 is 5.97 Å². The smallest absolute Gasteiger partial charge is 0.332 e. The number of amides is 1. The Kier molecular flexibility index (Phi) is 4.73. The van der Waals surface area contributed by atoms with Gasteiger partial charge in [0.25, 0.3) is 5.91 Å². The van der Waals surface area contributed by atoms with Gasteiger partial charge in [-0.2, -0.15) is 0 Å². The third-order valence-corrected chi connectivity index (χ3v) is 2.16. The van der Waals surface area contributed by atoms with Gasteiger partial charge in [0.05, 0.1) is 5.56 Å². The molecule has 1 rings (SSSR count). The first-order valence-corrected chi connectivity index (χ1v) is 5.06. The molecule has 7 heteroatoms. The van der Waals surface area contributed by atoms with Crippen molar-refractivity contribution in [2.24, 2.45) is 0 Å². The van der Waals surface area contributed by atoms with E-state index in [1.165, 1.54) is 0 Å². The molecule has 18 heavy (non-hydrogen) atoms. The molecule has 0 aromatic heterocycles. The van der Waals surface area contributed by atoms with E-state index in [1.54, 1.807) is 0 Å². The number of benzene rings is 1. The van der Waals surface area contributed by atoms with Crippen molar-refractivity contribution in [3.05, 3.63) is 35.4 Å². The van der Waals surface area contributed by atoms with E-state index in [0.717, 1.165) is 18.2 Å². The van der Waals surface area contributed by atoms with Gasteiger partial charge in [-0.3, -0.25) is 4.79 Å². The molecule has 0 aliphatic rings. The molecular weight excluding hydrogens is 248 g/mol. The van der Waals surface area contributed by atoms with Crippen molar-refractivity contribution in [1.29, 1.82) is 0 Å². The highest BCUT2D eigenvalue weighted by atomic mass is 19.1. The Bertz CT molecular complexity index is 464. The van der Waals surface area contributed by atoms with E-state index in [1.807, 2.05) is 0 Å². The Morgan fingerprint density at radius 2 is 2.00 bits per heavy atom. The average Bonchev–Trinajstić information content (AvgIpc) is 2.31. The minimum Gasteiger partial charge on any atom is -0.479 e. The second kappa shape index (κ2) is 6.06. The standard InChI is InChI=1S/C11H11F2NO4/c12-6-1-2-8(13)7(5-6)10(16)14-4-3-9(15)11(17)18/h1-2,5,9,15H,3-4H2,(H,14,16)(H,17,18). The van der Waals surface area contributed by atoms with Crippen molar-refractivity contribution < 1.29 is 28.6 Å². The zero-order valence-electron chi connectivity index (χ0n) is 9.19. The summed E-state index contributed by atoms with van der Waals surface area (Å²) >= 11 is 0. The normalized spacial score (nSPS) is 11.9. The number of carboxylic acid groups (broad SMARTS) is 1. The first kappa shape index (κ1) is 14.0. The Labute approximate surface area is 101 Å². The lowest BCUT2D eigenvalue weighted by Crippen LogP contribution is -2.30. The molecule has 5 nitrogen and oxygen atoms in total. The molecule has 0 heterocycles. The molecule has 0 bridgehead atoms. The average molecular weight is 259 g/mol.